The zero-order chi connectivity index (χ0) is 15.6. The first-order valence-electron chi connectivity index (χ1n) is 8.03. The van der Waals surface area contributed by atoms with E-state index in [1.807, 2.05) is 27.3 Å². The van der Waals surface area contributed by atoms with Crippen LogP contribution in [0.1, 0.15) is 35.9 Å². The summed E-state index contributed by atoms with van der Waals surface area (Å²) in [5.74, 6) is 0.307. The van der Waals surface area contributed by atoms with E-state index < -0.39 is 0 Å². The van der Waals surface area contributed by atoms with Gasteiger partial charge in [-0.2, -0.15) is 0 Å². The van der Waals surface area contributed by atoms with Gasteiger partial charge < -0.3 is 15.1 Å². The van der Waals surface area contributed by atoms with E-state index in [1.54, 1.807) is 0 Å². The smallest absolute Gasteiger partial charge is 0.264 e. The van der Waals surface area contributed by atoms with Crippen molar-refractivity contribution in [1.29, 1.82) is 0 Å². The van der Waals surface area contributed by atoms with Crippen LogP contribution in [0, 0.1) is 0 Å². The predicted molar refractivity (Wildman–Crippen MR) is 94.3 cm³/mol. The van der Waals surface area contributed by atoms with Gasteiger partial charge in [-0.1, -0.05) is 13.0 Å². The Bertz CT molecular complexity index is 536. The van der Waals surface area contributed by atoms with E-state index in [0.717, 1.165) is 30.7 Å². The third-order valence-electron chi connectivity index (χ3n) is 4.84. The number of nitrogens with zero attached hydrogens (tertiary/aromatic N) is 2. The molecule has 1 N–H and O–H groups in total. The fraction of sp³-hybridized carbons (Fsp3) is 0.625. The van der Waals surface area contributed by atoms with Crippen LogP contribution in [0.4, 0.5) is 0 Å². The van der Waals surface area contributed by atoms with Crippen LogP contribution in [0.15, 0.2) is 17.5 Å². The van der Waals surface area contributed by atoms with Crippen LogP contribution in [0.5, 0.6) is 0 Å². The van der Waals surface area contributed by atoms with Crippen molar-refractivity contribution >= 4 is 35.6 Å². The molecule has 0 saturated carbocycles. The number of halogens is 1. The molecule has 0 radical (unpaired) electrons. The molecular weight excluding hydrogens is 334 g/mol. The van der Waals surface area contributed by atoms with Crippen LogP contribution in [-0.2, 0) is 4.79 Å². The van der Waals surface area contributed by atoms with E-state index in [9.17, 15) is 9.59 Å². The van der Waals surface area contributed by atoms with Crippen LogP contribution in [0.3, 0.4) is 0 Å². The molecule has 5 nitrogen and oxygen atoms in total. The summed E-state index contributed by atoms with van der Waals surface area (Å²) in [7, 11) is 0. The summed E-state index contributed by atoms with van der Waals surface area (Å²) in [5.41, 5.74) is -0.361. The molecule has 23 heavy (non-hydrogen) atoms. The zero-order valence-corrected chi connectivity index (χ0v) is 15.0. The standard InChI is InChI=1S/C16H23N3O2S.ClH/c1-2-16(6-4-7-17-16)15(21)19-10-8-18(9-11-19)14(20)13-5-3-12-22-13;/h3,5,12,17H,2,4,6-11H2,1H3;1H. The fourth-order valence-electron chi connectivity index (χ4n) is 3.41. The molecule has 2 aliphatic heterocycles. The Morgan fingerprint density at radius 3 is 2.48 bits per heavy atom. The number of nitrogens with one attached hydrogen (secondary N) is 1. The van der Waals surface area contributed by atoms with Crippen molar-refractivity contribution in [2.75, 3.05) is 32.7 Å². The van der Waals surface area contributed by atoms with Gasteiger partial charge in [0.25, 0.3) is 5.91 Å². The van der Waals surface area contributed by atoms with Crippen molar-refractivity contribution in [3.63, 3.8) is 0 Å². The number of amides is 2. The van der Waals surface area contributed by atoms with E-state index in [0.29, 0.717) is 26.2 Å². The van der Waals surface area contributed by atoms with Crippen molar-refractivity contribution in [3.8, 4) is 0 Å². The van der Waals surface area contributed by atoms with Gasteiger partial charge in [0.05, 0.1) is 10.4 Å². The lowest BCUT2D eigenvalue weighted by molar-refractivity contribution is -0.139. The molecule has 128 valence electrons. The van der Waals surface area contributed by atoms with Gasteiger partial charge in [-0.05, 0) is 37.3 Å². The summed E-state index contributed by atoms with van der Waals surface area (Å²) >= 11 is 1.47. The number of thiophene rings is 1. The second kappa shape index (κ2) is 7.64. The molecule has 2 fully saturated rings. The first kappa shape index (κ1) is 18.2. The highest BCUT2D eigenvalue weighted by Crippen LogP contribution is 2.26. The summed E-state index contributed by atoms with van der Waals surface area (Å²) in [6.45, 7) is 5.53. The molecule has 2 saturated heterocycles. The highest BCUT2D eigenvalue weighted by Gasteiger charge is 2.42. The third kappa shape index (κ3) is 3.54. The summed E-state index contributed by atoms with van der Waals surface area (Å²) < 4.78 is 0. The number of piperazine rings is 1. The van der Waals surface area contributed by atoms with E-state index in [-0.39, 0.29) is 29.8 Å². The normalized spacial score (nSPS) is 24.4. The van der Waals surface area contributed by atoms with Crippen molar-refractivity contribution in [2.45, 2.75) is 31.7 Å². The number of hydrogen-bond acceptors (Lipinski definition) is 4. The van der Waals surface area contributed by atoms with E-state index in [2.05, 4.69) is 12.2 Å². The van der Waals surface area contributed by atoms with Crippen LogP contribution in [-0.4, -0.2) is 59.9 Å². The van der Waals surface area contributed by atoms with Gasteiger partial charge in [0.2, 0.25) is 5.91 Å². The minimum absolute atomic E-state index is 0. The Labute approximate surface area is 147 Å². The molecule has 1 atom stereocenters. The van der Waals surface area contributed by atoms with Gasteiger partial charge in [-0.25, -0.2) is 0 Å². The molecule has 1 aromatic rings. The lowest BCUT2D eigenvalue weighted by Gasteiger charge is -2.39. The molecule has 7 heteroatoms. The highest BCUT2D eigenvalue weighted by molar-refractivity contribution is 7.12. The molecule has 0 spiro atoms. The van der Waals surface area contributed by atoms with E-state index >= 15 is 0 Å². The van der Waals surface area contributed by atoms with Crippen molar-refractivity contribution in [3.05, 3.63) is 22.4 Å². The average molecular weight is 358 g/mol. The number of hydrogen-bond donors (Lipinski definition) is 1. The quantitative estimate of drug-likeness (QED) is 0.900. The third-order valence-corrected chi connectivity index (χ3v) is 5.70. The minimum atomic E-state index is -0.361. The van der Waals surface area contributed by atoms with Gasteiger partial charge in [-0.3, -0.25) is 9.59 Å². The number of carbonyl (C=O) groups excluding carboxylic acids is 2. The highest BCUT2D eigenvalue weighted by atomic mass is 35.5. The minimum Gasteiger partial charge on any atom is -0.338 e. The Morgan fingerprint density at radius 1 is 1.26 bits per heavy atom. The van der Waals surface area contributed by atoms with E-state index in [1.165, 1.54) is 11.3 Å². The molecule has 1 unspecified atom stereocenters. The Kier molecular flexibility index (Phi) is 6.06. The summed E-state index contributed by atoms with van der Waals surface area (Å²) in [4.78, 5) is 29.7. The van der Waals surface area contributed by atoms with Crippen LogP contribution in [0.25, 0.3) is 0 Å². The molecule has 1 aromatic heterocycles. The van der Waals surface area contributed by atoms with Crippen LogP contribution < -0.4 is 5.32 Å². The maximum Gasteiger partial charge on any atom is 0.264 e. The SMILES string of the molecule is CCC1(C(=O)N2CCN(C(=O)c3cccs3)CC2)CCCN1.Cl. The van der Waals surface area contributed by atoms with Crippen LogP contribution >= 0.6 is 23.7 Å². The van der Waals surface area contributed by atoms with Crippen molar-refractivity contribution in [1.82, 2.24) is 15.1 Å². The molecule has 3 heterocycles. The summed E-state index contributed by atoms with van der Waals surface area (Å²) in [6.07, 6.45) is 2.83. The summed E-state index contributed by atoms with van der Waals surface area (Å²) in [5, 5.41) is 5.32. The van der Waals surface area contributed by atoms with Gasteiger partial charge in [0, 0.05) is 26.2 Å². The monoisotopic (exact) mass is 357 g/mol. The molecule has 0 bridgehead atoms. The number of rotatable bonds is 3. The first-order chi connectivity index (χ1) is 10.7. The molecule has 2 aliphatic rings. The topological polar surface area (TPSA) is 52.7 Å². The Hall–Kier alpha value is -1.11. The average Bonchev–Trinajstić information content (AvgIpc) is 3.25. The van der Waals surface area contributed by atoms with Crippen molar-refractivity contribution < 1.29 is 9.59 Å². The first-order valence-corrected chi connectivity index (χ1v) is 8.91. The van der Waals surface area contributed by atoms with Gasteiger partial charge in [0.1, 0.15) is 0 Å². The Morgan fingerprint density at radius 2 is 1.96 bits per heavy atom. The largest absolute Gasteiger partial charge is 0.338 e. The molecule has 0 aliphatic carbocycles. The summed E-state index contributed by atoms with van der Waals surface area (Å²) in [6, 6.07) is 3.76. The van der Waals surface area contributed by atoms with Gasteiger partial charge >= 0.3 is 0 Å². The predicted octanol–water partition coefficient (Wildman–Crippen LogP) is 1.99. The maximum atomic E-state index is 12.8. The molecular formula is C16H24ClN3O2S. The van der Waals surface area contributed by atoms with Crippen LogP contribution in [0.2, 0.25) is 0 Å². The Balaban J connectivity index is 0.00000192. The van der Waals surface area contributed by atoms with Gasteiger partial charge in [0.15, 0.2) is 0 Å². The van der Waals surface area contributed by atoms with Crippen molar-refractivity contribution in [2.24, 2.45) is 0 Å². The molecule has 0 aromatic carbocycles. The maximum absolute atomic E-state index is 12.8. The fourth-order valence-corrected chi connectivity index (χ4v) is 4.10. The zero-order valence-electron chi connectivity index (χ0n) is 13.4. The van der Waals surface area contributed by atoms with E-state index in [4.69, 9.17) is 0 Å². The van der Waals surface area contributed by atoms with Gasteiger partial charge in [-0.15, -0.1) is 23.7 Å². The lowest BCUT2D eigenvalue weighted by Crippen LogP contribution is -2.59. The second-order valence-electron chi connectivity index (χ2n) is 6.03. The molecule has 3 rings (SSSR count). The number of carbonyl (C=O) groups is 2. The molecule has 2 amide bonds. The lowest BCUT2D eigenvalue weighted by atomic mass is 9.92. The second-order valence-corrected chi connectivity index (χ2v) is 6.98.